The summed E-state index contributed by atoms with van der Waals surface area (Å²) in [5.74, 6) is 1.71. The van der Waals surface area contributed by atoms with Gasteiger partial charge in [-0.1, -0.05) is 33.1 Å². The van der Waals surface area contributed by atoms with Crippen molar-refractivity contribution in [1.82, 2.24) is 5.32 Å². The summed E-state index contributed by atoms with van der Waals surface area (Å²) in [6.45, 7) is 4.42. The molecular weight excluding hydrogens is 248 g/mol. The van der Waals surface area contributed by atoms with E-state index in [0.29, 0.717) is 18.0 Å². The summed E-state index contributed by atoms with van der Waals surface area (Å²) >= 11 is 0. The highest BCUT2D eigenvalue weighted by Crippen LogP contribution is 2.30. The van der Waals surface area contributed by atoms with Crippen LogP contribution in [0.15, 0.2) is 0 Å². The van der Waals surface area contributed by atoms with Gasteiger partial charge in [-0.15, -0.1) is 0 Å². The van der Waals surface area contributed by atoms with E-state index in [1.807, 2.05) is 0 Å². The lowest BCUT2D eigenvalue weighted by Crippen LogP contribution is -2.42. The summed E-state index contributed by atoms with van der Waals surface area (Å²) < 4.78 is 0. The Balaban J connectivity index is 1.81. The molecule has 5 atom stereocenters. The third-order valence-electron chi connectivity index (χ3n) is 5.48. The quantitative estimate of drug-likeness (QED) is 0.780. The summed E-state index contributed by atoms with van der Waals surface area (Å²) in [5, 5.41) is 3.31. The molecule has 116 valence electrons. The van der Waals surface area contributed by atoms with Crippen LogP contribution in [0.25, 0.3) is 0 Å². The van der Waals surface area contributed by atoms with E-state index in [0.717, 1.165) is 31.6 Å². The van der Waals surface area contributed by atoms with Gasteiger partial charge in [0.05, 0.1) is 0 Å². The Kier molecular flexibility index (Phi) is 5.88. The summed E-state index contributed by atoms with van der Waals surface area (Å²) in [5.41, 5.74) is 6.05. The molecule has 1 amide bonds. The summed E-state index contributed by atoms with van der Waals surface area (Å²) in [4.78, 5) is 12.5. The first-order chi connectivity index (χ1) is 9.56. The van der Waals surface area contributed by atoms with Crippen molar-refractivity contribution >= 4 is 5.91 Å². The third-order valence-corrected chi connectivity index (χ3v) is 5.48. The maximum absolute atomic E-state index is 12.5. The average Bonchev–Trinajstić information content (AvgIpc) is 2.63. The number of hydrogen-bond acceptors (Lipinski definition) is 2. The number of carbonyl (C=O) groups is 1. The van der Waals surface area contributed by atoms with Gasteiger partial charge in [0.15, 0.2) is 0 Å². The van der Waals surface area contributed by atoms with Crippen LogP contribution in [0.4, 0.5) is 0 Å². The van der Waals surface area contributed by atoms with Crippen molar-refractivity contribution < 1.29 is 4.79 Å². The SMILES string of the molecule is CC1CCCC(NC(=O)C(C)C2CCCC(N)C2)CC1. The van der Waals surface area contributed by atoms with E-state index < -0.39 is 0 Å². The molecule has 0 aliphatic heterocycles. The minimum absolute atomic E-state index is 0.127. The van der Waals surface area contributed by atoms with E-state index in [1.165, 1.54) is 32.1 Å². The number of carbonyl (C=O) groups excluding carboxylic acids is 1. The highest BCUT2D eigenvalue weighted by molar-refractivity contribution is 5.78. The molecule has 0 saturated heterocycles. The van der Waals surface area contributed by atoms with Crippen molar-refractivity contribution in [3.63, 3.8) is 0 Å². The van der Waals surface area contributed by atoms with Crippen LogP contribution in [-0.2, 0) is 4.79 Å². The summed E-state index contributed by atoms with van der Waals surface area (Å²) in [6, 6.07) is 0.717. The zero-order chi connectivity index (χ0) is 14.5. The molecule has 0 aromatic heterocycles. The fourth-order valence-electron chi connectivity index (χ4n) is 3.90. The molecule has 2 aliphatic carbocycles. The topological polar surface area (TPSA) is 55.1 Å². The van der Waals surface area contributed by atoms with Gasteiger partial charge in [0.2, 0.25) is 5.91 Å². The molecule has 20 heavy (non-hydrogen) atoms. The molecule has 0 spiro atoms. The monoisotopic (exact) mass is 280 g/mol. The normalized spacial score (nSPS) is 37.0. The Bertz CT molecular complexity index is 318. The lowest BCUT2D eigenvalue weighted by Gasteiger charge is -2.31. The number of rotatable bonds is 3. The highest BCUT2D eigenvalue weighted by atomic mass is 16.1. The molecule has 2 saturated carbocycles. The molecule has 5 unspecified atom stereocenters. The number of nitrogens with two attached hydrogens (primary N) is 1. The highest BCUT2D eigenvalue weighted by Gasteiger charge is 2.29. The molecule has 0 aromatic carbocycles. The molecule has 0 heterocycles. The van der Waals surface area contributed by atoms with Gasteiger partial charge in [0.25, 0.3) is 0 Å². The molecule has 2 aliphatic rings. The third kappa shape index (κ3) is 4.47. The second-order valence-corrected chi connectivity index (χ2v) is 7.29. The molecule has 0 bridgehead atoms. The maximum Gasteiger partial charge on any atom is 0.223 e. The van der Waals surface area contributed by atoms with Gasteiger partial charge in [0, 0.05) is 18.0 Å². The fourth-order valence-corrected chi connectivity index (χ4v) is 3.90. The second kappa shape index (κ2) is 7.44. The predicted octanol–water partition coefficient (Wildman–Crippen LogP) is 3.23. The largest absolute Gasteiger partial charge is 0.353 e. The molecule has 0 radical (unpaired) electrons. The van der Waals surface area contributed by atoms with Gasteiger partial charge in [-0.05, 0) is 50.4 Å². The van der Waals surface area contributed by atoms with E-state index in [1.54, 1.807) is 0 Å². The molecule has 0 aromatic rings. The van der Waals surface area contributed by atoms with Gasteiger partial charge in [0.1, 0.15) is 0 Å². The first-order valence-corrected chi connectivity index (χ1v) is 8.62. The molecule has 3 nitrogen and oxygen atoms in total. The van der Waals surface area contributed by atoms with Crippen LogP contribution in [0, 0.1) is 17.8 Å². The van der Waals surface area contributed by atoms with Crippen LogP contribution >= 0.6 is 0 Å². The molecule has 2 rings (SSSR count). The number of nitrogens with one attached hydrogen (secondary N) is 1. The zero-order valence-corrected chi connectivity index (χ0v) is 13.2. The lowest BCUT2D eigenvalue weighted by atomic mass is 9.78. The Morgan fingerprint density at radius 1 is 1.10 bits per heavy atom. The minimum atomic E-state index is 0.127. The zero-order valence-electron chi connectivity index (χ0n) is 13.2. The number of amides is 1. The van der Waals surface area contributed by atoms with Gasteiger partial charge >= 0.3 is 0 Å². The van der Waals surface area contributed by atoms with E-state index in [2.05, 4.69) is 19.2 Å². The van der Waals surface area contributed by atoms with Crippen molar-refractivity contribution in [2.45, 2.75) is 83.7 Å². The van der Waals surface area contributed by atoms with Crippen LogP contribution < -0.4 is 11.1 Å². The van der Waals surface area contributed by atoms with Gasteiger partial charge in [-0.2, -0.15) is 0 Å². The number of hydrogen-bond donors (Lipinski definition) is 2. The van der Waals surface area contributed by atoms with Crippen LogP contribution in [-0.4, -0.2) is 18.0 Å². The van der Waals surface area contributed by atoms with E-state index in [-0.39, 0.29) is 11.8 Å². The minimum Gasteiger partial charge on any atom is -0.353 e. The van der Waals surface area contributed by atoms with Gasteiger partial charge in [-0.3, -0.25) is 4.79 Å². The van der Waals surface area contributed by atoms with E-state index in [9.17, 15) is 4.79 Å². The summed E-state index contributed by atoms with van der Waals surface area (Å²) in [6.07, 6.45) is 10.7. The molecule has 2 fully saturated rings. The van der Waals surface area contributed by atoms with Crippen molar-refractivity contribution in [1.29, 1.82) is 0 Å². The van der Waals surface area contributed by atoms with Gasteiger partial charge < -0.3 is 11.1 Å². The average molecular weight is 280 g/mol. The van der Waals surface area contributed by atoms with Crippen LogP contribution in [0.2, 0.25) is 0 Å². The standard InChI is InChI=1S/C17H32N2O/c1-12-5-3-8-16(10-9-12)19-17(20)13(2)14-6-4-7-15(18)11-14/h12-16H,3-11,18H2,1-2H3,(H,19,20). The van der Waals surface area contributed by atoms with E-state index in [4.69, 9.17) is 5.73 Å². The van der Waals surface area contributed by atoms with Crippen molar-refractivity contribution in [2.75, 3.05) is 0 Å². The van der Waals surface area contributed by atoms with Crippen LogP contribution in [0.5, 0.6) is 0 Å². The first kappa shape index (κ1) is 15.8. The Morgan fingerprint density at radius 2 is 1.85 bits per heavy atom. The van der Waals surface area contributed by atoms with E-state index >= 15 is 0 Å². The predicted molar refractivity (Wildman–Crippen MR) is 83.3 cm³/mol. The Labute approximate surface area is 124 Å². The lowest BCUT2D eigenvalue weighted by molar-refractivity contribution is -0.127. The molecular formula is C17H32N2O. The van der Waals surface area contributed by atoms with Crippen molar-refractivity contribution in [2.24, 2.45) is 23.5 Å². The fraction of sp³-hybridized carbons (Fsp3) is 0.941. The first-order valence-electron chi connectivity index (χ1n) is 8.62. The van der Waals surface area contributed by atoms with Crippen LogP contribution in [0.1, 0.15) is 71.6 Å². The van der Waals surface area contributed by atoms with Crippen LogP contribution in [0.3, 0.4) is 0 Å². The second-order valence-electron chi connectivity index (χ2n) is 7.29. The Morgan fingerprint density at radius 3 is 2.60 bits per heavy atom. The van der Waals surface area contributed by atoms with Crippen molar-refractivity contribution in [3.8, 4) is 0 Å². The smallest absolute Gasteiger partial charge is 0.223 e. The van der Waals surface area contributed by atoms with Crippen molar-refractivity contribution in [3.05, 3.63) is 0 Å². The molecule has 3 N–H and O–H groups in total. The molecule has 3 heteroatoms. The van der Waals surface area contributed by atoms with Gasteiger partial charge in [-0.25, -0.2) is 0 Å². The maximum atomic E-state index is 12.5. The summed E-state index contributed by atoms with van der Waals surface area (Å²) in [7, 11) is 0. The Hall–Kier alpha value is -0.570.